The molecule has 0 bridgehead atoms. The summed E-state index contributed by atoms with van der Waals surface area (Å²) in [5, 5.41) is 9.42. The smallest absolute Gasteiger partial charge is 0.337 e. The molecular formula is C15H21NO4. The zero-order chi connectivity index (χ0) is 14.9. The van der Waals surface area contributed by atoms with Gasteiger partial charge in [0.2, 0.25) is 0 Å². The van der Waals surface area contributed by atoms with Crippen LogP contribution in [0, 0.1) is 6.92 Å². The minimum Gasteiger partial charge on any atom is -0.478 e. The molecule has 0 spiro atoms. The van der Waals surface area contributed by atoms with Crippen molar-refractivity contribution in [2.45, 2.75) is 58.6 Å². The van der Waals surface area contributed by atoms with Crippen LogP contribution in [0.25, 0.3) is 0 Å². The van der Waals surface area contributed by atoms with Crippen molar-refractivity contribution in [1.82, 2.24) is 4.57 Å². The zero-order valence-corrected chi connectivity index (χ0v) is 12.2. The van der Waals surface area contributed by atoms with Crippen molar-refractivity contribution in [2.75, 3.05) is 0 Å². The van der Waals surface area contributed by atoms with Crippen LogP contribution >= 0.6 is 0 Å². The molecule has 1 atom stereocenters. The number of nitrogens with zero attached hydrogens (tertiary/aromatic N) is 1. The van der Waals surface area contributed by atoms with Gasteiger partial charge in [0.05, 0.1) is 17.6 Å². The van der Waals surface area contributed by atoms with E-state index in [4.69, 9.17) is 4.74 Å². The molecule has 0 aliphatic carbocycles. The number of fused-ring (bicyclic) bond motifs is 1. The van der Waals surface area contributed by atoms with Gasteiger partial charge in [-0.3, -0.25) is 4.79 Å². The van der Waals surface area contributed by atoms with Crippen LogP contribution in [-0.2, 0) is 16.1 Å². The highest BCUT2D eigenvalue weighted by Crippen LogP contribution is 2.33. The van der Waals surface area contributed by atoms with Crippen LogP contribution in [0.3, 0.4) is 0 Å². The van der Waals surface area contributed by atoms with E-state index in [0.717, 1.165) is 19.4 Å². The minimum atomic E-state index is -0.972. The third kappa shape index (κ3) is 2.71. The molecule has 1 aliphatic heterocycles. The molecule has 0 saturated carbocycles. The Labute approximate surface area is 118 Å². The van der Waals surface area contributed by atoms with E-state index in [1.807, 2.05) is 10.8 Å². The van der Waals surface area contributed by atoms with E-state index in [1.165, 1.54) is 0 Å². The topological polar surface area (TPSA) is 68.5 Å². The number of aromatic nitrogens is 1. The van der Waals surface area contributed by atoms with Crippen molar-refractivity contribution in [3.63, 3.8) is 0 Å². The molecule has 0 fully saturated rings. The van der Waals surface area contributed by atoms with Crippen LogP contribution in [0.2, 0.25) is 0 Å². The van der Waals surface area contributed by atoms with Crippen LogP contribution in [0.1, 0.15) is 60.6 Å². The van der Waals surface area contributed by atoms with Gasteiger partial charge in [-0.15, -0.1) is 0 Å². The maximum atomic E-state index is 12.3. The number of carboxylic acids is 1. The fourth-order valence-corrected chi connectivity index (χ4v) is 2.86. The van der Waals surface area contributed by atoms with Gasteiger partial charge in [-0.05, 0) is 39.2 Å². The monoisotopic (exact) mass is 279 g/mol. The van der Waals surface area contributed by atoms with Crippen LogP contribution in [0.15, 0.2) is 6.20 Å². The molecule has 0 aromatic carbocycles. The number of ether oxygens (including phenoxy) is 1. The summed E-state index contributed by atoms with van der Waals surface area (Å²) < 4.78 is 7.22. The molecule has 0 radical (unpaired) electrons. The molecular weight excluding hydrogens is 258 g/mol. The number of carboxylic acid groups (broad SMARTS) is 1. The molecule has 2 heterocycles. The third-order valence-electron chi connectivity index (χ3n) is 3.63. The molecule has 1 N–H and O–H groups in total. The largest absolute Gasteiger partial charge is 0.478 e. The van der Waals surface area contributed by atoms with Crippen molar-refractivity contribution in [3.8, 4) is 0 Å². The van der Waals surface area contributed by atoms with Crippen LogP contribution < -0.4 is 0 Å². The normalized spacial score (nSPS) is 18.5. The molecule has 2 rings (SSSR count). The maximum Gasteiger partial charge on any atom is 0.337 e. The fourth-order valence-electron chi connectivity index (χ4n) is 2.86. The highest BCUT2D eigenvalue weighted by molar-refractivity contribution is 5.93. The van der Waals surface area contributed by atoms with Gasteiger partial charge in [-0.1, -0.05) is 6.42 Å². The molecule has 1 aromatic heterocycles. The number of esters is 1. The SMILES string of the molecule is Cc1cn2c(c1C(=O)O)C(C(=O)OC(C)C)CCCC2. The van der Waals surface area contributed by atoms with Gasteiger partial charge < -0.3 is 14.4 Å². The lowest BCUT2D eigenvalue weighted by Crippen LogP contribution is -2.22. The Morgan fingerprint density at radius 2 is 2.10 bits per heavy atom. The first-order chi connectivity index (χ1) is 9.41. The van der Waals surface area contributed by atoms with E-state index >= 15 is 0 Å². The summed E-state index contributed by atoms with van der Waals surface area (Å²) in [6, 6.07) is 0. The second-order valence-corrected chi connectivity index (χ2v) is 5.60. The lowest BCUT2D eigenvalue weighted by atomic mass is 9.95. The standard InChI is InChI=1S/C15H21NO4/c1-9(2)20-15(19)11-6-4-5-7-16-8-10(3)12(13(11)16)14(17)18/h8-9,11H,4-7H2,1-3H3,(H,17,18). The number of carbonyl (C=O) groups is 2. The Balaban J connectivity index is 2.46. The lowest BCUT2D eigenvalue weighted by molar-refractivity contribution is -0.149. The lowest BCUT2D eigenvalue weighted by Gasteiger charge is -2.18. The molecule has 1 aliphatic rings. The summed E-state index contributed by atoms with van der Waals surface area (Å²) in [4.78, 5) is 23.8. The minimum absolute atomic E-state index is 0.191. The van der Waals surface area contributed by atoms with Crippen molar-refractivity contribution < 1.29 is 19.4 Å². The van der Waals surface area contributed by atoms with E-state index in [0.29, 0.717) is 17.7 Å². The Hall–Kier alpha value is -1.78. The first-order valence-electron chi connectivity index (χ1n) is 7.05. The van der Waals surface area contributed by atoms with E-state index in [9.17, 15) is 14.7 Å². The number of carbonyl (C=O) groups excluding carboxylic acids is 1. The Morgan fingerprint density at radius 3 is 2.70 bits per heavy atom. The van der Waals surface area contributed by atoms with E-state index in [1.54, 1.807) is 20.8 Å². The summed E-state index contributed by atoms with van der Waals surface area (Å²) in [5.74, 6) is -1.76. The molecule has 0 amide bonds. The van der Waals surface area contributed by atoms with Gasteiger partial charge >= 0.3 is 11.9 Å². The van der Waals surface area contributed by atoms with Crippen molar-refractivity contribution >= 4 is 11.9 Å². The van der Waals surface area contributed by atoms with Crippen LogP contribution in [-0.4, -0.2) is 27.7 Å². The summed E-state index contributed by atoms with van der Waals surface area (Å²) in [5.41, 5.74) is 1.58. The van der Waals surface area contributed by atoms with E-state index in [-0.39, 0.29) is 17.6 Å². The molecule has 1 aromatic rings. The second kappa shape index (κ2) is 5.69. The van der Waals surface area contributed by atoms with Gasteiger partial charge in [-0.25, -0.2) is 4.79 Å². The predicted molar refractivity (Wildman–Crippen MR) is 73.9 cm³/mol. The van der Waals surface area contributed by atoms with Gasteiger partial charge in [0.15, 0.2) is 0 Å². The zero-order valence-electron chi connectivity index (χ0n) is 12.2. The number of hydrogen-bond donors (Lipinski definition) is 1. The summed E-state index contributed by atoms with van der Waals surface area (Å²) in [7, 11) is 0. The van der Waals surface area contributed by atoms with Gasteiger partial charge in [-0.2, -0.15) is 0 Å². The summed E-state index contributed by atoms with van der Waals surface area (Å²) in [6.45, 7) is 6.14. The third-order valence-corrected chi connectivity index (χ3v) is 3.63. The Morgan fingerprint density at radius 1 is 1.40 bits per heavy atom. The Bertz CT molecular complexity index is 530. The molecule has 5 heteroatoms. The molecule has 20 heavy (non-hydrogen) atoms. The average Bonchev–Trinajstić information content (AvgIpc) is 2.52. The highest BCUT2D eigenvalue weighted by atomic mass is 16.5. The number of rotatable bonds is 3. The molecule has 5 nitrogen and oxygen atoms in total. The first-order valence-corrected chi connectivity index (χ1v) is 7.05. The van der Waals surface area contributed by atoms with Crippen molar-refractivity contribution in [2.24, 2.45) is 0 Å². The Kier molecular flexibility index (Phi) is 4.16. The quantitative estimate of drug-likeness (QED) is 0.864. The summed E-state index contributed by atoms with van der Waals surface area (Å²) >= 11 is 0. The highest BCUT2D eigenvalue weighted by Gasteiger charge is 2.33. The summed E-state index contributed by atoms with van der Waals surface area (Å²) in [6.07, 6.45) is 4.14. The predicted octanol–water partition coefficient (Wildman–Crippen LogP) is 2.71. The van der Waals surface area contributed by atoms with Gasteiger partial charge in [0, 0.05) is 18.4 Å². The second-order valence-electron chi connectivity index (χ2n) is 5.60. The van der Waals surface area contributed by atoms with Gasteiger partial charge in [0.1, 0.15) is 0 Å². The first kappa shape index (κ1) is 14.6. The average molecular weight is 279 g/mol. The fraction of sp³-hybridized carbons (Fsp3) is 0.600. The van der Waals surface area contributed by atoms with Gasteiger partial charge in [0.25, 0.3) is 0 Å². The number of hydrogen-bond acceptors (Lipinski definition) is 3. The van der Waals surface area contributed by atoms with Crippen LogP contribution in [0.4, 0.5) is 0 Å². The van der Waals surface area contributed by atoms with Crippen LogP contribution in [0.5, 0.6) is 0 Å². The van der Waals surface area contributed by atoms with E-state index < -0.39 is 11.9 Å². The molecule has 1 unspecified atom stereocenters. The van der Waals surface area contributed by atoms with Crippen molar-refractivity contribution in [1.29, 1.82) is 0 Å². The maximum absolute atomic E-state index is 12.3. The van der Waals surface area contributed by atoms with Crippen molar-refractivity contribution in [3.05, 3.63) is 23.0 Å². The molecule has 0 saturated heterocycles. The number of aromatic carboxylic acids is 1. The number of aryl methyl sites for hydroxylation is 2. The molecule has 110 valence electrons. The van der Waals surface area contributed by atoms with E-state index in [2.05, 4.69) is 0 Å².